The van der Waals surface area contributed by atoms with Gasteiger partial charge in [-0.15, -0.1) is 0 Å². The van der Waals surface area contributed by atoms with Crippen molar-refractivity contribution in [1.29, 1.82) is 0 Å². The van der Waals surface area contributed by atoms with Gasteiger partial charge in [0.25, 0.3) is 15.9 Å². The lowest BCUT2D eigenvalue weighted by Gasteiger charge is -2.29. The second-order valence-electron chi connectivity index (χ2n) is 6.95. The zero-order valence-corrected chi connectivity index (χ0v) is 17.7. The molecule has 2 amide bonds. The molecule has 0 bridgehead atoms. The average molecular weight is 446 g/mol. The molecule has 2 saturated heterocycles. The summed E-state index contributed by atoms with van der Waals surface area (Å²) in [4.78, 5) is 26.2. The van der Waals surface area contributed by atoms with Crippen LogP contribution in [0.4, 0.5) is 4.79 Å². The third-order valence-electron chi connectivity index (χ3n) is 5.15. The van der Waals surface area contributed by atoms with E-state index in [0.29, 0.717) is 5.56 Å². The standard InChI is InChI=1S/C20H19N3O5S2/c1-13-7-5-6-10-15(13)17-16(18(24)22-11-12-28-20(22)25)21-19(29)23(17)30(26,27)14-8-3-2-4-9-14/h2-10,16-17H,11-12H2,1H3,(H,21,29)/t16-,17+/m1/s1. The number of nitrogens with one attached hydrogen (secondary N) is 1. The Morgan fingerprint density at radius 3 is 2.43 bits per heavy atom. The number of imide groups is 1. The van der Waals surface area contributed by atoms with Crippen LogP contribution in [-0.2, 0) is 19.6 Å². The van der Waals surface area contributed by atoms with Gasteiger partial charge in [0.15, 0.2) is 5.11 Å². The molecular formula is C20H19N3O5S2. The van der Waals surface area contributed by atoms with Gasteiger partial charge in [0, 0.05) is 0 Å². The van der Waals surface area contributed by atoms with Crippen LogP contribution in [-0.4, -0.2) is 53.9 Å². The second-order valence-corrected chi connectivity index (χ2v) is 9.15. The molecule has 2 aromatic rings. The van der Waals surface area contributed by atoms with E-state index in [9.17, 15) is 18.0 Å². The molecule has 0 radical (unpaired) electrons. The highest BCUT2D eigenvalue weighted by Gasteiger charge is 2.51. The fourth-order valence-electron chi connectivity index (χ4n) is 3.68. The molecule has 0 saturated carbocycles. The molecular weight excluding hydrogens is 426 g/mol. The highest BCUT2D eigenvalue weighted by molar-refractivity contribution is 7.91. The van der Waals surface area contributed by atoms with Crippen molar-refractivity contribution in [2.45, 2.75) is 23.9 Å². The lowest BCUT2D eigenvalue weighted by molar-refractivity contribution is -0.130. The first-order valence-corrected chi connectivity index (χ1v) is 11.1. The van der Waals surface area contributed by atoms with Crippen molar-refractivity contribution in [2.75, 3.05) is 13.2 Å². The van der Waals surface area contributed by atoms with Crippen LogP contribution in [0.1, 0.15) is 17.2 Å². The summed E-state index contributed by atoms with van der Waals surface area (Å²) in [5, 5.41) is 2.73. The maximum atomic E-state index is 13.5. The van der Waals surface area contributed by atoms with E-state index in [1.165, 1.54) is 12.1 Å². The highest BCUT2D eigenvalue weighted by Crippen LogP contribution is 2.37. The van der Waals surface area contributed by atoms with Gasteiger partial charge in [-0.05, 0) is 42.4 Å². The van der Waals surface area contributed by atoms with Crippen LogP contribution < -0.4 is 5.32 Å². The fraction of sp³-hybridized carbons (Fsp3) is 0.250. The second kappa shape index (κ2) is 7.69. The molecule has 2 aliphatic heterocycles. The Kier molecular flexibility index (Phi) is 5.20. The van der Waals surface area contributed by atoms with Gasteiger partial charge in [-0.2, -0.15) is 0 Å². The molecule has 0 aromatic heterocycles. The number of ether oxygens (including phenoxy) is 1. The maximum absolute atomic E-state index is 13.5. The summed E-state index contributed by atoms with van der Waals surface area (Å²) < 4.78 is 32.9. The number of cyclic esters (lactones) is 1. The lowest BCUT2D eigenvalue weighted by Crippen LogP contribution is -2.47. The van der Waals surface area contributed by atoms with Gasteiger partial charge in [0.05, 0.1) is 11.4 Å². The zero-order valence-electron chi connectivity index (χ0n) is 16.0. The van der Waals surface area contributed by atoms with Crippen LogP contribution in [0.3, 0.4) is 0 Å². The number of aryl methyl sites for hydroxylation is 1. The Labute approximate surface area is 179 Å². The third-order valence-corrected chi connectivity index (χ3v) is 7.37. The molecule has 156 valence electrons. The fourth-order valence-corrected chi connectivity index (χ4v) is 5.75. The van der Waals surface area contributed by atoms with Crippen LogP contribution in [0.15, 0.2) is 59.5 Å². The van der Waals surface area contributed by atoms with E-state index in [-0.39, 0.29) is 23.2 Å². The summed E-state index contributed by atoms with van der Waals surface area (Å²) in [7, 11) is -4.06. The van der Waals surface area contributed by atoms with Crippen LogP contribution >= 0.6 is 12.2 Å². The molecule has 2 atom stereocenters. The molecule has 0 aliphatic carbocycles. The summed E-state index contributed by atoms with van der Waals surface area (Å²) in [6.07, 6.45) is -0.749. The van der Waals surface area contributed by atoms with Crippen molar-refractivity contribution in [2.24, 2.45) is 0 Å². The van der Waals surface area contributed by atoms with Crippen molar-refractivity contribution in [1.82, 2.24) is 14.5 Å². The molecule has 4 rings (SSSR count). The number of carbonyl (C=O) groups is 2. The van der Waals surface area contributed by atoms with Gasteiger partial charge < -0.3 is 10.1 Å². The summed E-state index contributed by atoms with van der Waals surface area (Å²) in [6.45, 7) is 2.03. The Morgan fingerprint density at radius 2 is 1.80 bits per heavy atom. The lowest BCUT2D eigenvalue weighted by atomic mass is 9.96. The number of hydrogen-bond donors (Lipinski definition) is 1. The average Bonchev–Trinajstić information content (AvgIpc) is 3.32. The normalized spacial score (nSPS) is 21.5. The molecule has 0 spiro atoms. The van der Waals surface area contributed by atoms with Gasteiger partial charge in [-0.25, -0.2) is 22.4 Å². The Bertz CT molecular complexity index is 1120. The summed E-state index contributed by atoms with van der Waals surface area (Å²) in [5.41, 5.74) is 1.42. The summed E-state index contributed by atoms with van der Waals surface area (Å²) in [6, 6.07) is 13.0. The summed E-state index contributed by atoms with van der Waals surface area (Å²) >= 11 is 5.36. The van der Waals surface area contributed by atoms with Crippen LogP contribution in [0.2, 0.25) is 0 Å². The monoisotopic (exact) mass is 445 g/mol. The highest BCUT2D eigenvalue weighted by atomic mass is 32.2. The van der Waals surface area contributed by atoms with Crippen LogP contribution in [0, 0.1) is 6.92 Å². The number of carbonyl (C=O) groups excluding carboxylic acids is 2. The first-order valence-electron chi connectivity index (χ1n) is 9.26. The van der Waals surface area contributed by atoms with Gasteiger partial charge in [-0.3, -0.25) is 4.79 Å². The van der Waals surface area contributed by atoms with Crippen molar-refractivity contribution in [3.63, 3.8) is 0 Å². The van der Waals surface area contributed by atoms with Gasteiger partial charge >= 0.3 is 6.09 Å². The van der Waals surface area contributed by atoms with E-state index in [4.69, 9.17) is 17.0 Å². The first-order chi connectivity index (χ1) is 14.3. The minimum atomic E-state index is -4.06. The number of rotatable bonds is 4. The van der Waals surface area contributed by atoms with Crippen molar-refractivity contribution >= 4 is 39.4 Å². The Morgan fingerprint density at radius 1 is 1.13 bits per heavy atom. The smallest absolute Gasteiger partial charge is 0.416 e. The topological polar surface area (TPSA) is 96.0 Å². The summed E-state index contributed by atoms with van der Waals surface area (Å²) in [5.74, 6) is -0.584. The first kappa shape index (κ1) is 20.3. The van der Waals surface area contributed by atoms with E-state index < -0.39 is 34.1 Å². The zero-order chi connectivity index (χ0) is 21.5. The van der Waals surface area contributed by atoms with E-state index in [0.717, 1.165) is 14.8 Å². The third kappa shape index (κ3) is 3.31. The van der Waals surface area contributed by atoms with E-state index in [1.54, 1.807) is 30.3 Å². The molecule has 1 N–H and O–H groups in total. The largest absolute Gasteiger partial charge is 0.447 e. The quantitative estimate of drug-likeness (QED) is 0.719. The number of sulfonamides is 1. The van der Waals surface area contributed by atoms with E-state index >= 15 is 0 Å². The molecule has 2 fully saturated rings. The van der Waals surface area contributed by atoms with Crippen LogP contribution in [0.5, 0.6) is 0 Å². The van der Waals surface area contributed by atoms with E-state index in [1.807, 2.05) is 19.1 Å². The van der Waals surface area contributed by atoms with Gasteiger partial charge in [0.2, 0.25) is 0 Å². The van der Waals surface area contributed by atoms with Crippen LogP contribution in [0.25, 0.3) is 0 Å². The number of benzene rings is 2. The molecule has 8 nitrogen and oxygen atoms in total. The van der Waals surface area contributed by atoms with Crippen molar-refractivity contribution in [3.8, 4) is 0 Å². The number of hydrogen-bond acceptors (Lipinski definition) is 6. The van der Waals surface area contributed by atoms with E-state index in [2.05, 4.69) is 5.32 Å². The molecule has 2 aromatic carbocycles. The number of thiocarbonyl (C=S) groups is 1. The van der Waals surface area contributed by atoms with Crippen molar-refractivity contribution < 1.29 is 22.7 Å². The maximum Gasteiger partial charge on any atom is 0.416 e. The Balaban J connectivity index is 1.83. The number of nitrogens with zero attached hydrogens (tertiary/aromatic N) is 2. The molecule has 30 heavy (non-hydrogen) atoms. The van der Waals surface area contributed by atoms with Gasteiger partial charge in [-0.1, -0.05) is 42.5 Å². The minimum absolute atomic E-state index is 0.0569. The predicted molar refractivity (Wildman–Crippen MR) is 112 cm³/mol. The number of amides is 2. The SMILES string of the molecule is Cc1ccccc1[C@H]1[C@H](C(=O)N2CCOC2=O)NC(=S)N1S(=O)(=O)c1ccccc1. The van der Waals surface area contributed by atoms with Crippen molar-refractivity contribution in [3.05, 3.63) is 65.7 Å². The predicted octanol–water partition coefficient (Wildman–Crippen LogP) is 1.96. The minimum Gasteiger partial charge on any atom is -0.447 e. The Hall–Kier alpha value is -2.98. The molecule has 10 heteroatoms. The molecule has 2 heterocycles. The van der Waals surface area contributed by atoms with Gasteiger partial charge in [0.1, 0.15) is 18.7 Å². The molecule has 2 aliphatic rings. The molecule has 0 unspecified atom stereocenters.